The van der Waals surface area contributed by atoms with Crippen molar-refractivity contribution in [3.63, 3.8) is 0 Å². The average Bonchev–Trinajstić information content (AvgIpc) is 2.71. The molecule has 0 unspecified atom stereocenters. The van der Waals surface area contributed by atoms with Crippen LogP contribution in [-0.4, -0.2) is 24.2 Å². The van der Waals surface area contributed by atoms with Gasteiger partial charge in [0, 0.05) is 22.0 Å². The third-order valence-electron chi connectivity index (χ3n) is 4.01. The Morgan fingerprint density at radius 1 is 0.964 bits per heavy atom. The van der Waals surface area contributed by atoms with Gasteiger partial charge in [0.1, 0.15) is 0 Å². The summed E-state index contributed by atoms with van der Waals surface area (Å²) in [5.41, 5.74) is 0.680. The van der Waals surface area contributed by atoms with Crippen molar-refractivity contribution in [2.45, 2.75) is 17.7 Å². The van der Waals surface area contributed by atoms with E-state index in [-0.39, 0.29) is 24.9 Å². The quantitative estimate of drug-likeness (QED) is 0.299. The minimum atomic E-state index is -0.370. The smallest absolute Gasteiger partial charge is 0.306 e. The van der Waals surface area contributed by atoms with Gasteiger partial charge in [0.25, 0.3) is 5.91 Å². The molecular weight excluding hydrogens is 394 g/mol. The Morgan fingerprint density at radius 3 is 2.50 bits per heavy atom. The number of hydrogen-bond donors (Lipinski definition) is 1. The number of nitrogens with one attached hydrogen (secondary N) is 1. The van der Waals surface area contributed by atoms with E-state index in [2.05, 4.69) is 5.32 Å². The number of amides is 1. The first-order valence-electron chi connectivity index (χ1n) is 8.93. The van der Waals surface area contributed by atoms with Gasteiger partial charge in [-0.1, -0.05) is 41.9 Å². The molecule has 0 aliphatic rings. The van der Waals surface area contributed by atoms with Crippen LogP contribution in [0.3, 0.4) is 0 Å². The summed E-state index contributed by atoms with van der Waals surface area (Å²) in [5, 5.41) is 5.59. The molecule has 0 spiro atoms. The van der Waals surface area contributed by atoms with Crippen LogP contribution in [0, 0.1) is 0 Å². The third kappa shape index (κ3) is 6.29. The zero-order valence-corrected chi connectivity index (χ0v) is 16.8. The summed E-state index contributed by atoms with van der Waals surface area (Å²) < 4.78 is 5.05. The second kappa shape index (κ2) is 10.2. The number of thioether (sulfide) groups is 1. The van der Waals surface area contributed by atoms with E-state index in [9.17, 15) is 9.59 Å². The van der Waals surface area contributed by atoms with E-state index in [0.717, 1.165) is 21.4 Å². The number of halogens is 1. The molecule has 144 valence electrons. The van der Waals surface area contributed by atoms with Crippen LogP contribution in [0.2, 0.25) is 5.02 Å². The number of carbonyl (C=O) groups excluding carboxylic acids is 2. The largest absolute Gasteiger partial charge is 0.456 e. The number of anilines is 1. The highest BCUT2D eigenvalue weighted by atomic mass is 35.5. The summed E-state index contributed by atoms with van der Waals surface area (Å²) in [4.78, 5) is 24.9. The molecule has 0 bridgehead atoms. The second-order valence-electron chi connectivity index (χ2n) is 6.18. The van der Waals surface area contributed by atoms with Crippen molar-refractivity contribution >= 4 is 51.7 Å². The molecule has 0 heterocycles. The summed E-state index contributed by atoms with van der Waals surface area (Å²) in [5.74, 6) is 0.0737. The van der Waals surface area contributed by atoms with Crippen LogP contribution in [0.1, 0.15) is 12.8 Å². The molecule has 6 heteroatoms. The normalized spacial score (nSPS) is 10.6. The lowest BCUT2D eigenvalue weighted by Crippen LogP contribution is -2.20. The molecule has 0 fully saturated rings. The molecule has 1 amide bonds. The van der Waals surface area contributed by atoms with Crippen LogP contribution in [0.5, 0.6) is 0 Å². The molecule has 1 N–H and O–H groups in total. The van der Waals surface area contributed by atoms with Crippen LogP contribution in [0.4, 0.5) is 5.69 Å². The number of rotatable bonds is 8. The van der Waals surface area contributed by atoms with E-state index in [1.165, 1.54) is 0 Å². The van der Waals surface area contributed by atoms with Gasteiger partial charge in [-0.25, -0.2) is 0 Å². The van der Waals surface area contributed by atoms with Gasteiger partial charge >= 0.3 is 5.97 Å². The predicted molar refractivity (Wildman–Crippen MR) is 115 cm³/mol. The van der Waals surface area contributed by atoms with Crippen molar-refractivity contribution in [2.75, 3.05) is 17.7 Å². The van der Waals surface area contributed by atoms with Gasteiger partial charge < -0.3 is 10.1 Å². The van der Waals surface area contributed by atoms with E-state index >= 15 is 0 Å². The van der Waals surface area contributed by atoms with Crippen LogP contribution in [0.25, 0.3) is 10.8 Å². The molecule has 4 nitrogen and oxygen atoms in total. The minimum Gasteiger partial charge on any atom is -0.456 e. The Labute approximate surface area is 173 Å². The maximum atomic E-state index is 12.0. The Bertz CT molecular complexity index is 959. The predicted octanol–water partition coefficient (Wildman–Crippen LogP) is 5.55. The fraction of sp³-hybridized carbons (Fsp3) is 0.182. The molecule has 3 rings (SSSR count). The maximum Gasteiger partial charge on any atom is 0.306 e. The van der Waals surface area contributed by atoms with Crippen molar-refractivity contribution in [1.82, 2.24) is 0 Å². The van der Waals surface area contributed by atoms with Gasteiger partial charge in [-0.3, -0.25) is 9.59 Å². The molecule has 0 aromatic heterocycles. The Balaban J connectivity index is 1.35. The van der Waals surface area contributed by atoms with Crippen LogP contribution in [0.15, 0.2) is 71.6 Å². The Morgan fingerprint density at radius 2 is 1.71 bits per heavy atom. The number of ether oxygens (including phenoxy) is 1. The number of fused-ring (bicyclic) bond motifs is 1. The zero-order valence-electron chi connectivity index (χ0n) is 15.2. The van der Waals surface area contributed by atoms with Crippen LogP contribution < -0.4 is 5.32 Å². The molecule has 0 atom stereocenters. The van der Waals surface area contributed by atoms with Crippen molar-refractivity contribution in [3.05, 3.63) is 71.8 Å². The fourth-order valence-electron chi connectivity index (χ4n) is 2.62. The van der Waals surface area contributed by atoms with Crippen molar-refractivity contribution < 1.29 is 14.3 Å². The second-order valence-corrected chi connectivity index (χ2v) is 7.78. The molecular formula is C22H20ClNO3S. The first kappa shape index (κ1) is 20.2. The summed E-state index contributed by atoms with van der Waals surface area (Å²) >= 11 is 7.50. The van der Waals surface area contributed by atoms with E-state index in [1.807, 2.05) is 66.7 Å². The average molecular weight is 414 g/mol. The number of hydrogen-bond acceptors (Lipinski definition) is 4. The lowest BCUT2D eigenvalue weighted by Gasteiger charge is -2.08. The summed E-state index contributed by atoms with van der Waals surface area (Å²) in [6.07, 6.45) is 0.961. The van der Waals surface area contributed by atoms with E-state index < -0.39 is 0 Å². The SMILES string of the molecule is O=C(COC(=O)CCCSc1ccc(Cl)cc1)Nc1ccc2ccccc2c1. The van der Waals surface area contributed by atoms with E-state index in [0.29, 0.717) is 17.1 Å². The highest BCUT2D eigenvalue weighted by Crippen LogP contribution is 2.21. The van der Waals surface area contributed by atoms with Gasteiger partial charge in [-0.15, -0.1) is 11.8 Å². The monoisotopic (exact) mass is 413 g/mol. The fourth-order valence-corrected chi connectivity index (χ4v) is 3.60. The summed E-state index contributed by atoms with van der Waals surface area (Å²) in [6.45, 7) is -0.282. The summed E-state index contributed by atoms with van der Waals surface area (Å²) in [7, 11) is 0. The Hall–Kier alpha value is -2.50. The zero-order chi connectivity index (χ0) is 19.8. The van der Waals surface area contributed by atoms with Gasteiger partial charge in [0.05, 0.1) is 0 Å². The van der Waals surface area contributed by atoms with Crippen molar-refractivity contribution in [2.24, 2.45) is 0 Å². The van der Waals surface area contributed by atoms with Gasteiger partial charge in [0.2, 0.25) is 0 Å². The van der Waals surface area contributed by atoms with Crippen LogP contribution >= 0.6 is 23.4 Å². The van der Waals surface area contributed by atoms with Crippen molar-refractivity contribution in [3.8, 4) is 0 Å². The highest BCUT2D eigenvalue weighted by Gasteiger charge is 2.08. The van der Waals surface area contributed by atoms with Crippen molar-refractivity contribution in [1.29, 1.82) is 0 Å². The van der Waals surface area contributed by atoms with Gasteiger partial charge in [-0.2, -0.15) is 0 Å². The molecule has 0 saturated heterocycles. The molecule has 0 aliphatic heterocycles. The standard InChI is InChI=1S/C22H20ClNO3S/c23-18-8-11-20(12-9-18)28-13-3-6-22(26)27-15-21(25)24-19-10-7-16-4-1-2-5-17(16)14-19/h1-2,4-5,7-12,14H,3,6,13,15H2,(H,24,25). The molecule has 0 saturated carbocycles. The van der Waals surface area contributed by atoms with E-state index in [4.69, 9.17) is 16.3 Å². The first-order valence-corrected chi connectivity index (χ1v) is 10.3. The van der Waals surface area contributed by atoms with Gasteiger partial charge in [-0.05, 0) is 59.3 Å². The molecule has 28 heavy (non-hydrogen) atoms. The van der Waals surface area contributed by atoms with Crippen LogP contribution in [-0.2, 0) is 14.3 Å². The minimum absolute atomic E-state index is 0.282. The first-order chi connectivity index (χ1) is 13.6. The number of esters is 1. The maximum absolute atomic E-state index is 12.0. The molecule has 3 aromatic carbocycles. The summed E-state index contributed by atoms with van der Waals surface area (Å²) in [6, 6.07) is 21.1. The lowest BCUT2D eigenvalue weighted by molar-refractivity contribution is -0.147. The Kier molecular flexibility index (Phi) is 7.34. The third-order valence-corrected chi connectivity index (χ3v) is 5.36. The number of carbonyl (C=O) groups is 2. The lowest BCUT2D eigenvalue weighted by atomic mass is 10.1. The molecule has 3 aromatic rings. The topological polar surface area (TPSA) is 55.4 Å². The van der Waals surface area contributed by atoms with Gasteiger partial charge in [0.15, 0.2) is 6.61 Å². The molecule has 0 aliphatic carbocycles. The highest BCUT2D eigenvalue weighted by molar-refractivity contribution is 7.99. The molecule has 0 radical (unpaired) electrons. The number of benzene rings is 3. The van der Waals surface area contributed by atoms with E-state index in [1.54, 1.807) is 11.8 Å².